The van der Waals surface area contributed by atoms with Crippen molar-refractivity contribution in [2.75, 3.05) is 20.3 Å². The Kier molecular flexibility index (Phi) is 7.13. The molecule has 1 amide bonds. The minimum absolute atomic E-state index is 0.0784. The van der Waals surface area contributed by atoms with E-state index in [1.807, 2.05) is 72.3 Å². The number of carbonyl (C=O) groups excluding carboxylic acids is 2. The Morgan fingerprint density at radius 2 is 1.71 bits per heavy atom. The van der Waals surface area contributed by atoms with Gasteiger partial charge in [0.1, 0.15) is 17.3 Å². The van der Waals surface area contributed by atoms with E-state index in [2.05, 4.69) is 4.98 Å². The topological polar surface area (TPSA) is 93.9 Å². The molecule has 1 N–H and O–H groups in total. The van der Waals surface area contributed by atoms with Gasteiger partial charge >= 0.3 is 0 Å². The lowest BCUT2D eigenvalue weighted by Crippen LogP contribution is -2.31. The summed E-state index contributed by atoms with van der Waals surface area (Å²) >= 11 is 0. The van der Waals surface area contributed by atoms with Crippen LogP contribution in [-0.2, 0) is 16.1 Å². The summed E-state index contributed by atoms with van der Waals surface area (Å²) in [5.74, 6) is -0.0953. The van der Waals surface area contributed by atoms with E-state index in [9.17, 15) is 14.7 Å². The van der Waals surface area contributed by atoms with Gasteiger partial charge in [-0.3, -0.25) is 9.59 Å². The number of aliphatic hydroxyl groups excluding tert-OH is 1. The molecule has 1 aromatic heterocycles. The van der Waals surface area contributed by atoms with Crippen LogP contribution < -0.4 is 9.47 Å². The normalized spacial score (nSPS) is 16.8. The molecule has 1 aliphatic rings. The van der Waals surface area contributed by atoms with E-state index in [0.29, 0.717) is 37.4 Å². The maximum Gasteiger partial charge on any atom is 0.295 e. The number of ketones is 1. The number of nitrogens with zero attached hydrogens (tertiary/aromatic N) is 3. The molecular weight excluding hydrogens is 482 g/mol. The van der Waals surface area contributed by atoms with Crippen LogP contribution in [-0.4, -0.2) is 51.5 Å². The van der Waals surface area contributed by atoms with Crippen molar-refractivity contribution < 1.29 is 24.2 Å². The Bertz CT molecular complexity index is 1490. The molecular formula is C30H29N3O5. The fourth-order valence-electron chi connectivity index (χ4n) is 4.87. The second-order valence-corrected chi connectivity index (χ2v) is 9.08. The van der Waals surface area contributed by atoms with Crippen LogP contribution in [0.15, 0.2) is 85.0 Å². The van der Waals surface area contributed by atoms with Gasteiger partial charge < -0.3 is 24.0 Å². The van der Waals surface area contributed by atoms with E-state index in [-0.39, 0.29) is 11.3 Å². The highest BCUT2D eigenvalue weighted by Gasteiger charge is 2.45. The molecule has 8 nitrogen and oxygen atoms in total. The number of rotatable bonds is 9. The third-order valence-electron chi connectivity index (χ3n) is 6.74. The quantitative estimate of drug-likeness (QED) is 0.194. The summed E-state index contributed by atoms with van der Waals surface area (Å²) in [6.07, 6.45) is 5.89. The number of imidazole rings is 1. The summed E-state index contributed by atoms with van der Waals surface area (Å²) in [4.78, 5) is 32.2. The van der Waals surface area contributed by atoms with Gasteiger partial charge in [-0.2, -0.15) is 0 Å². The number of ether oxygens (including phenoxy) is 2. The Morgan fingerprint density at radius 1 is 0.974 bits per heavy atom. The number of Topliss-reactive ketones (excluding diaryl/α,β-unsaturated/α-hetero) is 1. The first-order valence-electron chi connectivity index (χ1n) is 12.5. The first-order chi connectivity index (χ1) is 18.5. The lowest BCUT2D eigenvalue weighted by atomic mass is 9.94. The molecule has 0 spiro atoms. The zero-order valence-corrected chi connectivity index (χ0v) is 21.3. The Balaban J connectivity index is 1.54. The van der Waals surface area contributed by atoms with E-state index in [4.69, 9.17) is 9.47 Å². The number of amides is 1. The molecule has 0 bridgehead atoms. The van der Waals surface area contributed by atoms with Crippen molar-refractivity contribution in [2.45, 2.75) is 25.9 Å². The van der Waals surface area contributed by atoms with Crippen molar-refractivity contribution in [1.29, 1.82) is 0 Å². The molecule has 5 rings (SSSR count). The molecule has 1 fully saturated rings. The number of likely N-dealkylation sites (tertiary alicyclic amines) is 1. The highest BCUT2D eigenvalue weighted by Crippen LogP contribution is 2.40. The lowest BCUT2D eigenvalue weighted by Gasteiger charge is -2.25. The van der Waals surface area contributed by atoms with E-state index in [1.54, 1.807) is 30.6 Å². The monoisotopic (exact) mass is 511 g/mol. The number of fused-ring (bicyclic) bond motifs is 1. The van der Waals surface area contributed by atoms with Crippen molar-refractivity contribution in [3.63, 3.8) is 0 Å². The number of aromatic nitrogens is 2. The van der Waals surface area contributed by atoms with Crippen LogP contribution in [0.2, 0.25) is 0 Å². The van der Waals surface area contributed by atoms with Gasteiger partial charge in [-0.05, 0) is 60.0 Å². The maximum absolute atomic E-state index is 13.4. The molecule has 1 saturated heterocycles. The molecule has 0 saturated carbocycles. The largest absolute Gasteiger partial charge is 0.507 e. The van der Waals surface area contributed by atoms with Gasteiger partial charge in [0.25, 0.3) is 11.7 Å². The summed E-state index contributed by atoms with van der Waals surface area (Å²) in [7, 11) is 1.61. The standard InChI is InChI=1S/C30H29N3O5/c1-3-38-24-10-7-20(8-11-24)27-26(29(35)30(36)33(27)15-4-14-32-16-13-31-19-32)28(34)23-6-5-22-18-25(37-2)12-9-21(22)17-23/h5-13,16-19,27,34H,3-4,14-15H2,1-2H3/b28-26+. The van der Waals surface area contributed by atoms with Crippen molar-refractivity contribution in [1.82, 2.24) is 14.5 Å². The molecule has 3 aromatic carbocycles. The molecule has 2 heterocycles. The molecule has 0 radical (unpaired) electrons. The van der Waals surface area contributed by atoms with Crippen molar-refractivity contribution in [3.8, 4) is 11.5 Å². The predicted octanol–water partition coefficient (Wildman–Crippen LogP) is 4.96. The van der Waals surface area contributed by atoms with Crippen LogP contribution in [0.3, 0.4) is 0 Å². The molecule has 4 aromatic rings. The summed E-state index contributed by atoms with van der Waals surface area (Å²) in [6.45, 7) is 3.42. The van der Waals surface area contributed by atoms with Crippen molar-refractivity contribution in [2.24, 2.45) is 0 Å². The van der Waals surface area contributed by atoms with Gasteiger partial charge in [0.2, 0.25) is 0 Å². The SMILES string of the molecule is CCOc1ccc(C2/C(=C(\O)c3ccc4cc(OC)ccc4c3)C(=O)C(=O)N2CCCn2ccnc2)cc1. The van der Waals surface area contributed by atoms with Gasteiger partial charge in [-0.1, -0.05) is 30.3 Å². The minimum Gasteiger partial charge on any atom is -0.507 e. The fourth-order valence-corrected chi connectivity index (χ4v) is 4.87. The molecule has 1 atom stereocenters. The maximum atomic E-state index is 13.4. The van der Waals surface area contributed by atoms with E-state index < -0.39 is 17.7 Å². The number of benzene rings is 3. The van der Waals surface area contributed by atoms with Crippen LogP contribution in [0, 0.1) is 0 Å². The first kappa shape index (κ1) is 25.1. The van der Waals surface area contributed by atoms with Gasteiger partial charge in [-0.25, -0.2) is 4.98 Å². The fraction of sp³-hybridized carbons (Fsp3) is 0.233. The zero-order chi connectivity index (χ0) is 26.6. The Hall–Kier alpha value is -4.59. The molecule has 1 aliphatic heterocycles. The van der Waals surface area contributed by atoms with Gasteiger partial charge in [0.15, 0.2) is 0 Å². The van der Waals surface area contributed by atoms with Crippen molar-refractivity contribution >= 4 is 28.2 Å². The lowest BCUT2D eigenvalue weighted by molar-refractivity contribution is -0.139. The van der Waals surface area contributed by atoms with Gasteiger partial charge in [0, 0.05) is 31.0 Å². The molecule has 194 valence electrons. The molecule has 8 heteroatoms. The Labute approximate surface area is 220 Å². The Morgan fingerprint density at radius 3 is 2.42 bits per heavy atom. The zero-order valence-electron chi connectivity index (χ0n) is 21.3. The number of methoxy groups -OCH3 is 1. The summed E-state index contributed by atoms with van der Waals surface area (Å²) in [5, 5.41) is 13.3. The van der Waals surface area contributed by atoms with Crippen molar-refractivity contribution in [3.05, 3.63) is 96.1 Å². The number of aryl methyl sites for hydroxylation is 1. The smallest absolute Gasteiger partial charge is 0.295 e. The molecule has 0 aliphatic carbocycles. The minimum atomic E-state index is -0.722. The number of aliphatic hydroxyl groups is 1. The van der Waals surface area contributed by atoms with Crippen LogP contribution in [0.1, 0.15) is 30.5 Å². The first-order valence-corrected chi connectivity index (χ1v) is 12.5. The predicted molar refractivity (Wildman–Crippen MR) is 144 cm³/mol. The number of carbonyl (C=O) groups is 2. The van der Waals surface area contributed by atoms with E-state index in [0.717, 1.165) is 22.1 Å². The van der Waals surface area contributed by atoms with E-state index >= 15 is 0 Å². The number of hydrogen-bond acceptors (Lipinski definition) is 6. The summed E-state index contributed by atoms with van der Waals surface area (Å²) in [5.41, 5.74) is 1.27. The molecule has 1 unspecified atom stereocenters. The molecule has 38 heavy (non-hydrogen) atoms. The van der Waals surface area contributed by atoms with E-state index in [1.165, 1.54) is 0 Å². The average Bonchev–Trinajstić information content (AvgIpc) is 3.55. The second kappa shape index (κ2) is 10.8. The van der Waals surface area contributed by atoms with Crippen LogP contribution in [0.25, 0.3) is 16.5 Å². The van der Waals surface area contributed by atoms with Gasteiger partial charge in [0.05, 0.1) is 31.7 Å². The van der Waals surface area contributed by atoms with Crippen LogP contribution >= 0.6 is 0 Å². The van der Waals surface area contributed by atoms with Crippen LogP contribution in [0.4, 0.5) is 0 Å². The third-order valence-corrected chi connectivity index (χ3v) is 6.74. The van der Waals surface area contributed by atoms with Crippen LogP contribution in [0.5, 0.6) is 11.5 Å². The highest BCUT2D eigenvalue weighted by molar-refractivity contribution is 6.46. The second-order valence-electron chi connectivity index (χ2n) is 9.08. The summed E-state index contributed by atoms with van der Waals surface area (Å²) < 4.78 is 12.8. The number of hydrogen-bond donors (Lipinski definition) is 1. The average molecular weight is 512 g/mol. The van der Waals surface area contributed by atoms with Gasteiger partial charge in [-0.15, -0.1) is 0 Å². The highest BCUT2D eigenvalue weighted by atomic mass is 16.5. The third kappa shape index (κ3) is 4.85. The summed E-state index contributed by atoms with van der Waals surface area (Å²) in [6, 6.07) is 17.6.